The monoisotopic (exact) mass is 402 g/mol. The van der Waals surface area contributed by atoms with Gasteiger partial charge in [-0.2, -0.15) is 0 Å². The standard InChI is InChI=1S/C17H30N4O7/c1-5-9(4)14(16(26)21-13(8(2)3)17(27)28)20-11(22)7-19-15(25)10(18)6-12(23)24/h8-10,13-14H,5-7,18H2,1-4H3,(H,19,25)(H,20,22)(H,21,26)(H,23,24)(H,27,28). The lowest BCUT2D eigenvalue weighted by Gasteiger charge is -2.26. The minimum Gasteiger partial charge on any atom is -0.481 e. The summed E-state index contributed by atoms with van der Waals surface area (Å²) < 4.78 is 0. The SMILES string of the molecule is CCC(C)C(NC(=O)CNC(=O)C(N)CC(=O)O)C(=O)NC(C(=O)O)C(C)C. The van der Waals surface area contributed by atoms with Gasteiger partial charge in [-0.05, 0) is 11.8 Å². The van der Waals surface area contributed by atoms with Crippen LogP contribution in [0.15, 0.2) is 0 Å². The van der Waals surface area contributed by atoms with E-state index in [1.165, 1.54) is 0 Å². The Kier molecular flexibility index (Phi) is 10.8. The van der Waals surface area contributed by atoms with Crippen molar-refractivity contribution in [3.8, 4) is 0 Å². The molecule has 0 aliphatic rings. The minimum absolute atomic E-state index is 0.296. The normalized spacial score (nSPS) is 15.1. The molecule has 7 N–H and O–H groups in total. The summed E-state index contributed by atoms with van der Waals surface area (Å²) in [6.07, 6.45) is -0.0508. The maximum Gasteiger partial charge on any atom is 0.326 e. The molecule has 0 aromatic rings. The number of carbonyl (C=O) groups excluding carboxylic acids is 3. The predicted octanol–water partition coefficient (Wildman–Crippen LogP) is -1.34. The topological polar surface area (TPSA) is 188 Å². The zero-order valence-electron chi connectivity index (χ0n) is 16.5. The van der Waals surface area contributed by atoms with Gasteiger partial charge in [-0.3, -0.25) is 19.2 Å². The van der Waals surface area contributed by atoms with Crippen molar-refractivity contribution in [2.45, 2.75) is 58.7 Å². The maximum absolute atomic E-state index is 12.5. The summed E-state index contributed by atoms with van der Waals surface area (Å²) in [5, 5.41) is 24.9. The van der Waals surface area contributed by atoms with Gasteiger partial charge >= 0.3 is 11.9 Å². The first-order chi connectivity index (χ1) is 12.9. The highest BCUT2D eigenvalue weighted by atomic mass is 16.4. The Morgan fingerprint density at radius 3 is 1.93 bits per heavy atom. The molecule has 4 atom stereocenters. The van der Waals surface area contributed by atoms with E-state index in [1.54, 1.807) is 27.7 Å². The molecule has 0 radical (unpaired) electrons. The van der Waals surface area contributed by atoms with Crippen LogP contribution in [0.5, 0.6) is 0 Å². The van der Waals surface area contributed by atoms with Gasteiger partial charge in [0.25, 0.3) is 0 Å². The highest BCUT2D eigenvalue weighted by Crippen LogP contribution is 2.10. The van der Waals surface area contributed by atoms with Crippen LogP contribution in [0.2, 0.25) is 0 Å². The fourth-order valence-corrected chi connectivity index (χ4v) is 2.26. The highest BCUT2D eigenvalue weighted by Gasteiger charge is 2.31. The fourth-order valence-electron chi connectivity index (χ4n) is 2.26. The van der Waals surface area contributed by atoms with Gasteiger partial charge in [0.2, 0.25) is 17.7 Å². The van der Waals surface area contributed by atoms with Gasteiger partial charge < -0.3 is 31.9 Å². The van der Waals surface area contributed by atoms with Crippen molar-refractivity contribution in [3.05, 3.63) is 0 Å². The molecular weight excluding hydrogens is 372 g/mol. The van der Waals surface area contributed by atoms with Crippen LogP contribution in [0.1, 0.15) is 40.5 Å². The lowest BCUT2D eigenvalue weighted by Crippen LogP contribution is -2.56. The summed E-state index contributed by atoms with van der Waals surface area (Å²) in [5.41, 5.74) is 5.39. The van der Waals surface area contributed by atoms with Crippen LogP contribution in [0, 0.1) is 11.8 Å². The first kappa shape index (κ1) is 25.3. The molecule has 160 valence electrons. The third-order valence-electron chi connectivity index (χ3n) is 4.20. The average Bonchev–Trinajstić information content (AvgIpc) is 2.59. The van der Waals surface area contributed by atoms with Crippen LogP contribution < -0.4 is 21.7 Å². The molecule has 0 aliphatic heterocycles. The van der Waals surface area contributed by atoms with E-state index in [0.29, 0.717) is 6.42 Å². The number of amides is 3. The van der Waals surface area contributed by atoms with Crippen molar-refractivity contribution in [2.75, 3.05) is 6.54 Å². The van der Waals surface area contributed by atoms with E-state index < -0.39 is 60.8 Å². The molecule has 0 rings (SSSR count). The number of rotatable bonds is 12. The van der Waals surface area contributed by atoms with Gasteiger partial charge in [-0.25, -0.2) is 4.79 Å². The second-order valence-electron chi connectivity index (χ2n) is 6.92. The first-order valence-corrected chi connectivity index (χ1v) is 8.98. The van der Waals surface area contributed by atoms with Crippen molar-refractivity contribution in [1.29, 1.82) is 0 Å². The minimum atomic E-state index is -1.30. The second kappa shape index (κ2) is 11.9. The molecule has 0 aromatic carbocycles. The molecular formula is C17H30N4O7. The number of hydrogen-bond donors (Lipinski definition) is 6. The van der Waals surface area contributed by atoms with Crippen LogP contribution in [0.25, 0.3) is 0 Å². The van der Waals surface area contributed by atoms with Gasteiger partial charge in [0.15, 0.2) is 0 Å². The van der Waals surface area contributed by atoms with Gasteiger partial charge in [-0.15, -0.1) is 0 Å². The van der Waals surface area contributed by atoms with Crippen LogP contribution >= 0.6 is 0 Å². The molecule has 11 nitrogen and oxygen atoms in total. The Hall–Kier alpha value is -2.69. The van der Waals surface area contributed by atoms with Crippen molar-refractivity contribution in [1.82, 2.24) is 16.0 Å². The zero-order valence-corrected chi connectivity index (χ0v) is 16.5. The lowest BCUT2D eigenvalue weighted by atomic mass is 9.96. The van der Waals surface area contributed by atoms with E-state index in [4.69, 9.17) is 10.8 Å². The van der Waals surface area contributed by atoms with E-state index in [-0.39, 0.29) is 11.8 Å². The molecule has 0 heterocycles. The molecule has 4 unspecified atom stereocenters. The zero-order chi connectivity index (χ0) is 22.0. The van der Waals surface area contributed by atoms with Crippen LogP contribution in [-0.4, -0.2) is 64.5 Å². The number of nitrogens with two attached hydrogens (primary N) is 1. The molecule has 0 fully saturated rings. The number of carboxylic acids is 2. The lowest BCUT2D eigenvalue weighted by molar-refractivity contribution is -0.143. The first-order valence-electron chi connectivity index (χ1n) is 8.98. The highest BCUT2D eigenvalue weighted by molar-refractivity contribution is 5.93. The smallest absolute Gasteiger partial charge is 0.326 e. The summed E-state index contributed by atoms with van der Waals surface area (Å²) in [5.74, 6) is -5.23. The summed E-state index contributed by atoms with van der Waals surface area (Å²) in [4.78, 5) is 58.1. The van der Waals surface area contributed by atoms with Crippen molar-refractivity contribution in [3.63, 3.8) is 0 Å². The number of carboxylic acid groups (broad SMARTS) is 2. The Labute approximate surface area is 163 Å². The molecule has 0 aliphatic carbocycles. The van der Waals surface area contributed by atoms with Gasteiger partial charge in [0.1, 0.15) is 12.1 Å². The Morgan fingerprint density at radius 2 is 1.50 bits per heavy atom. The van der Waals surface area contributed by atoms with Gasteiger partial charge in [0, 0.05) is 0 Å². The van der Waals surface area contributed by atoms with Crippen molar-refractivity contribution in [2.24, 2.45) is 17.6 Å². The predicted molar refractivity (Wildman–Crippen MR) is 99.0 cm³/mol. The third-order valence-corrected chi connectivity index (χ3v) is 4.20. The summed E-state index contributed by atoms with van der Waals surface area (Å²) >= 11 is 0. The molecule has 0 spiro atoms. The second-order valence-corrected chi connectivity index (χ2v) is 6.92. The van der Waals surface area contributed by atoms with Gasteiger partial charge in [-0.1, -0.05) is 34.1 Å². The molecule has 0 aromatic heterocycles. The average molecular weight is 402 g/mol. The molecule has 0 bridgehead atoms. The Morgan fingerprint density at radius 1 is 0.929 bits per heavy atom. The molecule has 28 heavy (non-hydrogen) atoms. The van der Waals surface area contributed by atoms with E-state index in [2.05, 4.69) is 16.0 Å². The van der Waals surface area contributed by atoms with Crippen molar-refractivity contribution >= 4 is 29.7 Å². The number of nitrogens with one attached hydrogen (secondary N) is 3. The Balaban J connectivity index is 4.93. The Bertz CT molecular complexity index is 594. The van der Waals surface area contributed by atoms with E-state index in [1.807, 2.05) is 0 Å². The molecule has 3 amide bonds. The van der Waals surface area contributed by atoms with E-state index in [0.717, 1.165) is 0 Å². The largest absolute Gasteiger partial charge is 0.481 e. The van der Waals surface area contributed by atoms with Gasteiger partial charge in [0.05, 0.1) is 19.0 Å². The molecule has 0 saturated heterocycles. The van der Waals surface area contributed by atoms with E-state index >= 15 is 0 Å². The summed E-state index contributed by atoms with van der Waals surface area (Å²) in [6.45, 7) is 6.31. The fraction of sp³-hybridized carbons (Fsp3) is 0.706. The quantitative estimate of drug-likeness (QED) is 0.231. The number of carbonyl (C=O) groups is 5. The maximum atomic E-state index is 12.5. The van der Waals surface area contributed by atoms with Crippen LogP contribution in [-0.2, 0) is 24.0 Å². The number of aliphatic carboxylic acids is 2. The van der Waals surface area contributed by atoms with Crippen LogP contribution in [0.4, 0.5) is 0 Å². The number of hydrogen-bond acceptors (Lipinski definition) is 6. The van der Waals surface area contributed by atoms with Crippen LogP contribution in [0.3, 0.4) is 0 Å². The van der Waals surface area contributed by atoms with Crippen molar-refractivity contribution < 1.29 is 34.2 Å². The molecule has 0 saturated carbocycles. The summed E-state index contributed by atoms with van der Waals surface area (Å²) in [7, 11) is 0. The summed E-state index contributed by atoms with van der Waals surface area (Å²) in [6, 6.07) is -3.41. The molecule has 11 heteroatoms. The third kappa shape index (κ3) is 8.80. The van der Waals surface area contributed by atoms with E-state index in [9.17, 15) is 29.1 Å².